The molecule has 0 spiro atoms. The predicted molar refractivity (Wildman–Crippen MR) is 48.4 cm³/mol. The second kappa shape index (κ2) is 4.10. The van der Waals surface area contributed by atoms with Gasteiger partial charge in [-0.3, -0.25) is 9.59 Å². The van der Waals surface area contributed by atoms with Crippen molar-refractivity contribution in [3.05, 3.63) is 0 Å². The van der Waals surface area contributed by atoms with Gasteiger partial charge in [-0.15, -0.1) is 0 Å². The van der Waals surface area contributed by atoms with Crippen LogP contribution in [0.25, 0.3) is 0 Å². The maximum atomic E-state index is 11.1. The van der Waals surface area contributed by atoms with Gasteiger partial charge in [-0.05, 0) is 20.8 Å². The lowest BCUT2D eigenvalue weighted by Crippen LogP contribution is -2.45. The van der Waals surface area contributed by atoms with E-state index in [9.17, 15) is 9.59 Å². The van der Waals surface area contributed by atoms with Crippen molar-refractivity contribution in [3.8, 4) is 0 Å². The number of alkyl halides is 2. The molecule has 0 aromatic carbocycles. The molecule has 0 aliphatic heterocycles. The van der Waals surface area contributed by atoms with E-state index in [0.29, 0.717) is 0 Å². The topological polar surface area (TPSA) is 46.2 Å². The van der Waals surface area contributed by atoms with Crippen molar-refractivity contribution in [2.75, 3.05) is 0 Å². The minimum absolute atomic E-state index is 0.0891. The van der Waals surface area contributed by atoms with E-state index in [1.54, 1.807) is 13.8 Å². The lowest BCUT2D eigenvalue weighted by atomic mass is 10.2. The van der Waals surface area contributed by atoms with Crippen LogP contribution in [0.3, 0.4) is 0 Å². The molecule has 0 unspecified atom stereocenters. The molecule has 5 heteroatoms. The van der Waals surface area contributed by atoms with Gasteiger partial charge >= 0.3 is 0 Å². The van der Waals surface area contributed by atoms with Gasteiger partial charge in [-0.1, -0.05) is 23.2 Å². The van der Waals surface area contributed by atoms with Gasteiger partial charge in [-0.25, -0.2) is 0 Å². The summed E-state index contributed by atoms with van der Waals surface area (Å²) < 4.78 is -1.95. The first-order valence-corrected chi connectivity index (χ1v) is 4.24. The lowest BCUT2D eigenvalue weighted by molar-refractivity contribution is -0.128. The monoisotopic (exact) mass is 211 g/mol. The number of Topliss-reactive ketones (excluding diaryl/α,β-unsaturated/α-hetero) is 1. The van der Waals surface area contributed by atoms with Crippen molar-refractivity contribution in [2.24, 2.45) is 0 Å². The molecule has 1 amide bonds. The Morgan fingerprint density at radius 3 is 2.00 bits per heavy atom. The first-order chi connectivity index (χ1) is 5.28. The highest BCUT2D eigenvalue weighted by atomic mass is 35.5. The van der Waals surface area contributed by atoms with Gasteiger partial charge in [0.2, 0.25) is 0 Å². The van der Waals surface area contributed by atoms with Gasteiger partial charge in [0.15, 0.2) is 5.78 Å². The lowest BCUT2D eigenvalue weighted by Gasteiger charge is -2.17. The van der Waals surface area contributed by atoms with E-state index < -0.39 is 16.0 Å². The summed E-state index contributed by atoms with van der Waals surface area (Å²) in [5.74, 6) is -1.25. The third-order valence-electron chi connectivity index (χ3n) is 1.15. The first kappa shape index (κ1) is 11.7. The molecule has 0 radical (unpaired) electrons. The number of amides is 1. The van der Waals surface area contributed by atoms with Crippen LogP contribution < -0.4 is 5.32 Å². The second-order valence-corrected chi connectivity index (χ2v) is 4.09. The highest BCUT2D eigenvalue weighted by molar-refractivity contribution is 6.67. The number of ketones is 1. The van der Waals surface area contributed by atoms with Crippen molar-refractivity contribution in [1.29, 1.82) is 0 Å². The molecule has 0 fully saturated rings. The molecule has 1 N–H and O–H groups in total. The van der Waals surface area contributed by atoms with Crippen LogP contribution in [-0.4, -0.2) is 22.1 Å². The minimum atomic E-state index is -1.95. The molecule has 0 aromatic heterocycles. The average Bonchev–Trinajstić information content (AvgIpc) is 1.85. The molecule has 0 aliphatic carbocycles. The van der Waals surface area contributed by atoms with Crippen LogP contribution in [0.4, 0.5) is 0 Å². The number of hydrogen-bond donors (Lipinski definition) is 1. The summed E-state index contributed by atoms with van der Waals surface area (Å²) in [4.78, 5) is 21.9. The maximum absolute atomic E-state index is 11.1. The van der Waals surface area contributed by atoms with Gasteiger partial charge in [-0.2, -0.15) is 0 Å². The van der Waals surface area contributed by atoms with Crippen molar-refractivity contribution in [3.63, 3.8) is 0 Å². The summed E-state index contributed by atoms with van der Waals surface area (Å²) in [7, 11) is 0. The normalized spacial score (nSPS) is 11.5. The van der Waals surface area contributed by atoms with Crippen molar-refractivity contribution in [1.82, 2.24) is 5.32 Å². The Balaban J connectivity index is 4.36. The molecule has 0 aromatic rings. The van der Waals surface area contributed by atoms with E-state index in [4.69, 9.17) is 23.2 Å². The van der Waals surface area contributed by atoms with Gasteiger partial charge in [0.25, 0.3) is 10.2 Å². The Kier molecular flexibility index (Phi) is 4.00. The number of carbonyl (C=O) groups excluding carboxylic acids is 2. The quantitative estimate of drug-likeness (QED) is 0.565. The van der Waals surface area contributed by atoms with Crippen LogP contribution >= 0.6 is 23.2 Å². The summed E-state index contributed by atoms with van der Waals surface area (Å²) in [6.45, 7) is 4.67. The van der Waals surface area contributed by atoms with Crippen LogP contribution in [0, 0.1) is 0 Å². The van der Waals surface area contributed by atoms with E-state index in [1.165, 1.54) is 6.92 Å². The van der Waals surface area contributed by atoms with Gasteiger partial charge in [0.05, 0.1) is 0 Å². The summed E-state index contributed by atoms with van der Waals surface area (Å²) in [5, 5.41) is 2.44. The molecule has 0 saturated heterocycles. The van der Waals surface area contributed by atoms with Gasteiger partial charge in [0, 0.05) is 6.04 Å². The molecule has 0 aliphatic rings. The van der Waals surface area contributed by atoms with Crippen molar-refractivity contribution in [2.45, 2.75) is 31.1 Å². The Morgan fingerprint density at radius 2 is 1.75 bits per heavy atom. The zero-order valence-corrected chi connectivity index (χ0v) is 8.66. The largest absolute Gasteiger partial charge is 0.351 e. The molecule has 70 valence electrons. The zero-order valence-electron chi connectivity index (χ0n) is 7.15. The summed E-state index contributed by atoms with van der Waals surface area (Å²) in [6.07, 6.45) is 0. The van der Waals surface area contributed by atoms with Gasteiger partial charge < -0.3 is 5.32 Å². The number of halogens is 2. The van der Waals surface area contributed by atoms with Crippen LogP contribution in [0.5, 0.6) is 0 Å². The molecule has 0 heterocycles. The SMILES string of the molecule is CC(=O)C(Cl)(Cl)C(=O)NC(C)C. The van der Waals surface area contributed by atoms with Crippen LogP contribution in [0.2, 0.25) is 0 Å². The Labute approximate surface area is 81.4 Å². The predicted octanol–water partition coefficient (Wildman–Crippen LogP) is 1.27. The molecule has 0 rings (SSSR count). The van der Waals surface area contributed by atoms with Crippen LogP contribution in [-0.2, 0) is 9.59 Å². The second-order valence-electron chi connectivity index (χ2n) is 2.76. The minimum Gasteiger partial charge on any atom is -0.351 e. The smallest absolute Gasteiger partial charge is 0.264 e. The molecular formula is C7H11Cl2NO2. The first-order valence-electron chi connectivity index (χ1n) is 3.48. The highest BCUT2D eigenvalue weighted by Crippen LogP contribution is 2.22. The number of hydrogen-bond acceptors (Lipinski definition) is 2. The maximum Gasteiger partial charge on any atom is 0.264 e. The third kappa shape index (κ3) is 2.99. The summed E-state index contributed by atoms with van der Waals surface area (Å²) >= 11 is 10.9. The standard InChI is InChI=1S/C7H11Cl2NO2/c1-4(2)10-6(12)7(8,9)5(3)11/h4H,1-3H3,(H,10,12). The highest BCUT2D eigenvalue weighted by Gasteiger charge is 2.39. The van der Waals surface area contributed by atoms with Gasteiger partial charge in [0.1, 0.15) is 0 Å². The molecule has 12 heavy (non-hydrogen) atoms. The average molecular weight is 212 g/mol. The fourth-order valence-corrected chi connectivity index (χ4v) is 0.622. The molecule has 0 atom stereocenters. The van der Waals surface area contributed by atoms with E-state index in [2.05, 4.69) is 5.32 Å². The summed E-state index contributed by atoms with van der Waals surface area (Å²) in [6, 6.07) is -0.0891. The van der Waals surface area contributed by atoms with E-state index in [1.807, 2.05) is 0 Å². The van der Waals surface area contributed by atoms with E-state index in [-0.39, 0.29) is 6.04 Å². The third-order valence-corrected chi connectivity index (χ3v) is 2.02. The summed E-state index contributed by atoms with van der Waals surface area (Å²) in [5.41, 5.74) is 0. The fourth-order valence-electron chi connectivity index (χ4n) is 0.513. The Hall–Kier alpha value is -0.280. The zero-order chi connectivity index (χ0) is 9.94. The molecule has 0 saturated carbocycles. The van der Waals surface area contributed by atoms with E-state index in [0.717, 1.165) is 0 Å². The number of carbonyl (C=O) groups is 2. The number of nitrogens with one attached hydrogen (secondary N) is 1. The van der Waals surface area contributed by atoms with E-state index >= 15 is 0 Å². The molecular weight excluding hydrogens is 201 g/mol. The Bertz CT molecular complexity index is 202. The molecule has 3 nitrogen and oxygen atoms in total. The fraction of sp³-hybridized carbons (Fsp3) is 0.714. The van der Waals surface area contributed by atoms with Crippen LogP contribution in [0.15, 0.2) is 0 Å². The van der Waals surface area contributed by atoms with Crippen LogP contribution in [0.1, 0.15) is 20.8 Å². The molecule has 0 bridgehead atoms. The Morgan fingerprint density at radius 1 is 1.33 bits per heavy atom. The van der Waals surface area contributed by atoms with Crippen molar-refractivity contribution >= 4 is 34.9 Å². The van der Waals surface area contributed by atoms with Crippen molar-refractivity contribution < 1.29 is 9.59 Å². The number of rotatable bonds is 3.